The lowest BCUT2D eigenvalue weighted by atomic mass is 10.1. The first kappa shape index (κ1) is 13.5. The summed E-state index contributed by atoms with van der Waals surface area (Å²) in [5.41, 5.74) is 7.01. The summed E-state index contributed by atoms with van der Waals surface area (Å²) in [4.78, 5) is 11.4. The smallest absolute Gasteiger partial charge is 0.224 e. The Bertz CT molecular complexity index is 480. The predicted octanol–water partition coefficient (Wildman–Crippen LogP) is -0.0279. The molecule has 0 aliphatic rings. The molecular weight excluding hydrogens is 240 g/mol. The molecule has 17 heavy (non-hydrogen) atoms. The normalized spacial score (nSPS) is 11.1. The van der Waals surface area contributed by atoms with Crippen LogP contribution in [-0.4, -0.2) is 32.9 Å². The summed E-state index contributed by atoms with van der Waals surface area (Å²) >= 11 is 0. The summed E-state index contributed by atoms with van der Waals surface area (Å²) in [5.74, 6) is -0.237. The highest BCUT2D eigenvalue weighted by molar-refractivity contribution is 7.90. The summed E-state index contributed by atoms with van der Waals surface area (Å²) in [6, 6.07) is 6.98. The molecule has 0 spiro atoms. The Morgan fingerprint density at radius 1 is 1.29 bits per heavy atom. The molecule has 1 aromatic rings. The zero-order valence-corrected chi connectivity index (χ0v) is 10.5. The molecule has 0 bridgehead atoms. The Morgan fingerprint density at radius 3 is 2.41 bits per heavy atom. The first-order valence-electron chi connectivity index (χ1n) is 5.16. The highest BCUT2D eigenvalue weighted by atomic mass is 32.2. The number of nitrogens with one attached hydrogen (secondary N) is 1. The van der Waals surface area contributed by atoms with Crippen LogP contribution >= 0.6 is 0 Å². The second-order valence-corrected chi connectivity index (χ2v) is 6.16. The van der Waals surface area contributed by atoms with Gasteiger partial charge in [0, 0.05) is 18.5 Å². The third-order valence-electron chi connectivity index (χ3n) is 2.14. The maximum Gasteiger partial charge on any atom is 0.224 e. The maximum absolute atomic E-state index is 11.4. The van der Waals surface area contributed by atoms with Crippen molar-refractivity contribution in [1.82, 2.24) is 5.32 Å². The molecule has 0 saturated heterocycles. The van der Waals surface area contributed by atoms with Crippen molar-refractivity contribution in [3.63, 3.8) is 0 Å². The van der Waals surface area contributed by atoms with E-state index < -0.39 is 9.84 Å². The lowest BCUT2D eigenvalue weighted by molar-refractivity contribution is -0.120. The van der Waals surface area contributed by atoms with E-state index in [9.17, 15) is 13.2 Å². The quantitative estimate of drug-likeness (QED) is 0.724. The fourth-order valence-corrected chi connectivity index (χ4v) is 1.73. The molecular formula is C11H16N2O3S. The molecule has 1 aromatic carbocycles. The summed E-state index contributed by atoms with van der Waals surface area (Å²) in [6.45, 7) is 0.145. The molecule has 94 valence electrons. The van der Waals surface area contributed by atoms with E-state index in [0.717, 1.165) is 11.8 Å². The van der Waals surface area contributed by atoms with Gasteiger partial charge in [-0.25, -0.2) is 8.42 Å². The second-order valence-electron chi connectivity index (χ2n) is 3.90. The first-order chi connectivity index (χ1) is 7.87. The molecule has 1 amide bonds. The summed E-state index contributed by atoms with van der Waals surface area (Å²) in [6.07, 6.45) is 1.36. The minimum absolute atomic E-state index is 0.0412. The topological polar surface area (TPSA) is 89.3 Å². The van der Waals surface area contributed by atoms with Gasteiger partial charge in [-0.15, -0.1) is 0 Å². The van der Waals surface area contributed by atoms with E-state index in [4.69, 9.17) is 5.73 Å². The van der Waals surface area contributed by atoms with Crippen molar-refractivity contribution in [3.05, 3.63) is 29.8 Å². The summed E-state index contributed by atoms with van der Waals surface area (Å²) in [7, 11) is -3.03. The molecule has 0 aromatic heterocycles. The predicted molar refractivity (Wildman–Crippen MR) is 67.3 cm³/mol. The molecule has 0 saturated carbocycles. The van der Waals surface area contributed by atoms with Crippen LogP contribution in [0, 0.1) is 0 Å². The van der Waals surface area contributed by atoms with Gasteiger partial charge in [0.2, 0.25) is 5.91 Å². The number of amides is 1. The number of rotatable bonds is 5. The Kier molecular flexibility index (Phi) is 4.51. The van der Waals surface area contributed by atoms with Crippen molar-refractivity contribution in [1.29, 1.82) is 0 Å². The number of nitrogen functional groups attached to an aromatic ring is 1. The van der Waals surface area contributed by atoms with E-state index in [2.05, 4.69) is 5.32 Å². The van der Waals surface area contributed by atoms with Gasteiger partial charge < -0.3 is 11.1 Å². The van der Waals surface area contributed by atoms with E-state index in [1.165, 1.54) is 0 Å². The van der Waals surface area contributed by atoms with E-state index in [-0.39, 0.29) is 24.6 Å². The van der Waals surface area contributed by atoms with Gasteiger partial charge in [0.15, 0.2) is 0 Å². The van der Waals surface area contributed by atoms with Crippen molar-refractivity contribution < 1.29 is 13.2 Å². The average Bonchev–Trinajstić information content (AvgIpc) is 2.19. The third kappa shape index (κ3) is 5.91. The molecule has 6 heteroatoms. The van der Waals surface area contributed by atoms with E-state index >= 15 is 0 Å². The lowest BCUT2D eigenvalue weighted by Crippen LogP contribution is -2.29. The van der Waals surface area contributed by atoms with Crippen LogP contribution in [0.15, 0.2) is 24.3 Å². The van der Waals surface area contributed by atoms with Crippen LogP contribution < -0.4 is 11.1 Å². The maximum atomic E-state index is 11.4. The van der Waals surface area contributed by atoms with Crippen LogP contribution in [0.1, 0.15) is 5.56 Å². The minimum atomic E-state index is -3.03. The SMILES string of the molecule is CS(=O)(=O)CCNC(=O)Cc1ccc(N)cc1. The van der Waals surface area contributed by atoms with E-state index in [1.807, 2.05) is 0 Å². The molecule has 0 aliphatic heterocycles. The zero-order chi connectivity index (χ0) is 12.9. The van der Waals surface area contributed by atoms with Crippen LogP contribution in [0.5, 0.6) is 0 Å². The number of carbonyl (C=O) groups excluding carboxylic acids is 1. The molecule has 0 unspecified atom stereocenters. The van der Waals surface area contributed by atoms with Gasteiger partial charge >= 0.3 is 0 Å². The van der Waals surface area contributed by atoms with Gasteiger partial charge in [0.1, 0.15) is 9.84 Å². The fourth-order valence-electron chi connectivity index (χ4n) is 1.26. The number of anilines is 1. The van der Waals surface area contributed by atoms with E-state index in [1.54, 1.807) is 24.3 Å². The Balaban J connectivity index is 2.37. The lowest BCUT2D eigenvalue weighted by Gasteiger charge is -2.04. The van der Waals surface area contributed by atoms with Gasteiger partial charge in [-0.3, -0.25) is 4.79 Å². The highest BCUT2D eigenvalue weighted by Crippen LogP contribution is 2.05. The monoisotopic (exact) mass is 256 g/mol. The molecule has 3 N–H and O–H groups in total. The van der Waals surface area contributed by atoms with Crippen molar-refractivity contribution in [2.75, 3.05) is 24.3 Å². The van der Waals surface area contributed by atoms with Crippen LogP contribution in [0.25, 0.3) is 0 Å². The molecule has 5 nitrogen and oxygen atoms in total. The van der Waals surface area contributed by atoms with Crippen LogP contribution in [0.2, 0.25) is 0 Å². The van der Waals surface area contributed by atoms with Crippen molar-refractivity contribution in [3.8, 4) is 0 Å². The highest BCUT2D eigenvalue weighted by Gasteiger charge is 2.05. The number of hydrogen-bond acceptors (Lipinski definition) is 4. The molecule has 0 fully saturated rings. The Morgan fingerprint density at radius 2 is 1.88 bits per heavy atom. The molecule has 1 rings (SSSR count). The molecule has 0 atom stereocenters. The fraction of sp³-hybridized carbons (Fsp3) is 0.364. The molecule has 0 heterocycles. The summed E-state index contributed by atoms with van der Waals surface area (Å²) in [5, 5.41) is 2.55. The number of sulfone groups is 1. The van der Waals surface area contributed by atoms with Gasteiger partial charge in [0.25, 0.3) is 0 Å². The molecule has 0 aliphatic carbocycles. The number of benzene rings is 1. The first-order valence-corrected chi connectivity index (χ1v) is 7.22. The Hall–Kier alpha value is -1.56. The van der Waals surface area contributed by atoms with Crippen molar-refractivity contribution in [2.24, 2.45) is 0 Å². The largest absolute Gasteiger partial charge is 0.399 e. The number of hydrogen-bond donors (Lipinski definition) is 2. The summed E-state index contributed by atoms with van der Waals surface area (Å²) < 4.78 is 21.7. The van der Waals surface area contributed by atoms with Crippen LogP contribution in [0.4, 0.5) is 5.69 Å². The Labute approximate surface area is 101 Å². The second kappa shape index (κ2) is 5.67. The van der Waals surface area contributed by atoms with Gasteiger partial charge in [0.05, 0.1) is 12.2 Å². The van der Waals surface area contributed by atoms with Crippen molar-refractivity contribution >= 4 is 21.4 Å². The van der Waals surface area contributed by atoms with Gasteiger partial charge in [-0.2, -0.15) is 0 Å². The van der Waals surface area contributed by atoms with Crippen LogP contribution in [0.3, 0.4) is 0 Å². The number of nitrogens with two attached hydrogens (primary N) is 1. The zero-order valence-electron chi connectivity index (χ0n) is 9.64. The average molecular weight is 256 g/mol. The molecule has 0 radical (unpaired) electrons. The van der Waals surface area contributed by atoms with E-state index in [0.29, 0.717) is 5.69 Å². The van der Waals surface area contributed by atoms with Crippen LogP contribution in [-0.2, 0) is 21.1 Å². The number of carbonyl (C=O) groups is 1. The van der Waals surface area contributed by atoms with Gasteiger partial charge in [-0.1, -0.05) is 12.1 Å². The van der Waals surface area contributed by atoms with Gasteiger partial charge in [-0.05, 0) is 17.7 Å². The third-order valence-corrected chi connectivity index (χ3v) is 3.09. The standard InChI is InChI=1S/C11H16N2O3S/c1-17(15,16)7-6-13-11(14)8-9-2-4-10(12)5-3-9/h2-5H,6-8,12H2,1H3,(H,13,14). The minimum Gasteiger partial charge on any atom is -0.399 e. The van der Waals surface area contributed by atoms with Crippen molar-refractivity contribution in [2.45, 2.75) is 6.42 Å².